The maximum Gasteiger partial charge on any atom is 0.255 e. The number of ether oxygens (including phenoxy) is 3. The summed E-state index contributed by atoms with van der Waals surface area (Å²) in [6.45, 7) is 1.24. The molecule has 1 fully saturated rings. The van der Waals surface area contributed by atoms with Gasteiger partial charge in [-0.25, -0.2) is 4.39 Å². The molecular formula is C23H29ClFN3O5. The number of nitrogen functional groups attached to an aromatic ring is 1. The second-order valence-corrected chi connectivity index (χ2v) is 8.47. The molecule has 3 atom stereocenters. The first-order valence-electron chi connectivity index (χ1n) is 10.7. The number of halogens is 2. The molecule has 1 saturated heterocycles. The lowest BCUT2D eigenvalue weighted by molar-refractivity contribution is -0.889. The number of carbonyl (C=O) groups excluding carboxylic acids is 1. The van der Waals surface area contributed by atoms with Crippen LogP contribution in [0, 0.1) is 11.0 Å². The van der Waals surface area contributed by atoms with Gasteiger partial charge in [0.05, 0.1) is 49.1 Å². The van der Waals surface area contributed by atoms with Crippen LogP contribution < -0.4 is 20.5 Å². The molecule has 180 valence electrons. The van der Waals surface area contributed by atoms with Crippen molar-refractivity contribution < 1.29 is 28.0 Å². The fraction of sp³-hybridized carbons (Fsp3) is 0.435. The summed E-state index contributed by atoms with van der Waals surface area (Å²) in [4.78, 5) is 12.9. The molecule has 2 aromatic rings. The Balaban J connectivity index is 1.54. The number of anilines is 1. The van der Waals surface area contributed by atoms with E-state index in [4.69, 9.17) is 31.5 Å². The predicted molar refractivity (Wildman–Crippen MR) is 124 cm³/mol. The minimum atomic E-state index is -0.450. The van der Waals surface area contributed by atoms with Gasteiger partial charge in [-0.2, -0.15) is 0 Å². The monoisotopic (exact) mass is 481 g/mol. The molecule has 1 aliphatic heterocycles. The van der Waals surface area contributed by atoms with E-state index in [0.29, 0.717) is 49.7 Å². The van der Waals surface area contributed by atoms with E-state index < -0.39 is 10.8 Å². The molecule has 0 bridgehead atoms. The zero-order chi connectivity index (χ0) is 24.0. The summed E-state index contributed by atoms with van der Waals surface area (Å²) >= 11 is 6.07. The van der Waals surface area contributed by atoms with Crippen LogP contribution in [0.3, 0.4) is 0 Å². The maximum atomic E-state index is 13.2. The zero-order valence-electron chi connectivity index (χ0n) is 18.7. The summed E-state index contributed by atoms with van der Waals surface area (Å²) < 4.78 is 28.9. The number of quaternary nitrogens is 1. The lowest BCUT2D eigenvalue weighted by Crippen LogP contribution is -2.61. The SMILES string of the molecule is COc1cc(N)c(Cl)cc1C(=O)NC1CC[N+]([O-])(CCCOc2ccc(F)cc2)CC1OC. The molecule has 1 aliphatic rings. The van der Waals surface area contributed by atoms with Gasteiger partial charge in [-0.15, -0.1) is 0 Å². The fourth-order valence-electron chi connectivity index (χ4n) is 3.95. The van der Waals surface area contributed by atoms with Crippen molar-refractivity contribution in [2.45, 2.75) is 25.0 Å². The lowest BCUT2D eigenvalue weighted by Gasteiger charge is -2.50. The van der Waals surface area contributed by atoms with Crippen LogP contribution in [0.15, 0.2) is 36.4 Å². The number of hydroxylamine groups is 3. The summed E-state index contributed by atoms with van der Waals surface area (Å²) in [5.41, 5.74) is 6.36. The van der Waals surface area contributed by atoms with Crippen LogP contribution in [-0.2, 0) is 4.74 Å². The van der Waals surface area contributed by atoms with Crippen molar-refractivity contribution in [1.29, 1.82) is 0 Å². The number of nitrogens with one attached hydrogen (secondary N) is 1. The molecule has 8 nitrogen and oxygen atoms in total. The molecule has 1 heterocycles. The Bertz CT molecular complexity index is 962. The van der Waals surface area contributed by atoms with Crippen molar-refractivity contribution in [3.63, 3.8) is 0 Å². The molecule has 0 aliphatic carbocycles. The number of hydrogen-bond acceptors (Lipinski definition) is 6. The first kappa shape index (κ1) is 25.0. The van der Waals surface area contributed by atoms with E-state index >= 15 is 0 Å². The maximum absolute atomic E-state index is 13.2. The highest BCUT2D eigenvalue weighted by Gasteiger charge is 2.37. The number of methoxy groups -OCH3 is 2. The van der Waals surface area contributed by atoms with Crippen LogP contribution in [0.4, 0.5) is 10.1 Å². The van der Waals surface area contributed by atoms with Crippen molar-refractivity contribution in [2.75, 3.05) is 46.2 Å². The van der Waals surface area contributed by atoms with Gasteiger partial charge in [0.2, 0.25) is 0 Å². The molecule has 0 spiro atoms. The van der Waals surface area contributed by atoms with Gasteiger partial charge in [0.15, 0.2) is 0 Å². The van der Waals surface area contributed by atoms with Gasteiger partial charge in [-0.3, -0.25) is 4.79 Å². The van der Waals surface area contributed by atoms with Crippen molar-refractivity contribution in [3.8, 4) is 11.5 Å². The van der Waals surface area contributed by atoms with E-state index in [1.165, 1.54) is 38.5 Å². The summed E-state index contributed by atoms with van der Waals surface area (Å²) in [5, 5.41) is 16.4. The highest BCUT2D eigenvalue weighted by Crippen LogP contribution is 2.29. The Labute approximate surface area is 197 Å². The Morgan fingerprint density at radius 3 is 2.70 bits per heavy atom. The average Bonchev–Trinajstić information content (AvgIpc) is 2.80. The van der Waals surface area contributed by atoms with E-state index in [0.717, 1.165) is 0 Å². The molecule has 3 N–H and O–H groups in total. The van der Waals surface area contributed by atoms with E-state index in [1.54, 1.807) is 12.1 Å². The molecular weight excluding hydrogens is 453 g/mol. The lowest BCUT2D eigenvalue weighted by atomic mass is 10.00. The second-order valence-electron chi connectivity index (χ2n) is 8.06. The first-order chi connectivity index (χ1) is 15.7. The van der Waals surface area contributed by atoms with Crippen LogP contribution in [0.5, 0.6) is 11.5 Å². The molecule has 33 heavy (non-hydrogen) atoms. The quantitative estimate of drug-likeness (QED) is 0.246. The molecule has 3 rings (SSSR count). The van der Waals surface area contributed by atoms with Crippen molar-refractivity contribution in [1.82, 2.24) is 5.32 Å². The van der Waals surface area contributed by atoms with Crippen LogP contribution in [0.1, 0.15) is 23.2 Å². The summed E-state index contributed by atoms with van der Waals surface area (Å²) in [6, 6.07) is 8.38. The Morgan fingerprint density at radius 1 is 1.30 bits per heavy atom. The molecule has 0 aromatic heterocycles. The van der Waals surface area contributed by atoms with Gasteiger partial charge in [0.25, 0.3) is 5.91 Å². The third-order valence-electron chi connectivity index (χ3n) is 5.78. The van der Waals surface area contributed by atoms with Gasteiger partial charge in [-0.1, -0.05) is 11.6 Å². The van der Waals surface area contributed by atoms with E-state index in [2.05, 4.69) is 5.32 Å². The number of nitrogens with zero attached hydrogens (tertiary/aromatic N) is 1. The largest absolute Gasteiger partial charge is 0.633 e. The topological polar surface area (TPSA) is 106 Å². The molecule has 2 aromatic carbocycles. The van der Waals surface area contributed by atoms with Crippen LogP contribution in [-0.4, -0.2) is 63.2 Å². The summed E-state index contributed by atoms with van der Waals surface area (Å²) in [5.74, 6) is 0.168. The van der Waals surface area contributed by atoms with E-state index in [9.17, 15) is 14.4 Å². The Morgan fingerprint density at radius 2 is 2.03 bits per heavy atom. The Kier molecular flexibility index (Phi) is 8.36. The first-order valence-corrected chi connectivity index (χ1v) is 11.0. The number of amides is 1. The highest BCUT2D eigenvalue weighted by molar-refractivity contribution is 6.33. The second kappa shape index (κ2) is 11.0. The third-order valence-corrected chi connectivity index (χ3v) is 6.11. The van der Waals surface area contributed by atoms with Gasteiger partial charge >= 0.3 is 0 Å². The zero-order valence-corrected chi connectivity index (χ0v) is 19.4. The van der Waals surface area contributed by atoms with Gasteiger partial charge < -0.3 is 35.1 Å². The van der Waals surface area contributed by atoms with Crippen LogP contribution >= 0.6 is 11.6 Å². The normalized spacial score (nSPS) is 22.6. The standard InChI is InChI=1S/C23H29ClFN3O5/c1-31-21-13-19(26)18(24)12-17(21)23(29)27-20-8-10-28(30,14-22(20)32-2)9-3-11-33-16-6-4-15(25)5-7-16/h4-7,12-13,20,22H,3,8-11,14,26H2,1-2H3,(H,27,29). The number of likely N-dealkylation sites (tertiary alicyclic amines) is 1. The van der Waals surface area contributed by atoms with Crippen molar-refractivity contribution in [2.24, 2.45) is 0 Å². The summed E-state index contributed by atoms with van der Waals surface area (Å²) in [6.07, 6.45) is 0.543. The predicted octanol–water partition coefficient (Wildman–Crippen LogP) is 3.37. The number of rotatable bonds is 9. The minimum absolute atomic E-state index is 0.206. The highest BCUT2D eigenvalue weighted by atomic mass is 35.5. The number of hydrogen-bond donors (Lipinski definition) is 2. The van der Waals surface area contributed by atoms with Crippen LogP contribution in [0.25, 0.3) is 0 Å². The van der Waals surface area contributed by atoms with Crippen molar-refractivity contribution >= 4 is 23.2 Å². The van der Waals surface area contributed by atoms with Gasteiger partial charge in [0, 0.05) is 26.0 Å². The molecule has 3 unspecified atom stereocenters. The van der Waals surface area contributed by atoms with Gasteiger partial charge in [0.1, 0.15) is 30.0 Å². The molecule has 0 saturated carbocycles. The van der Waals surface area contributed by atoms with Crippen molar-refractivity contribution in [3.05, 3.63) is 58.0 Å². The molecule has 10 heteroatoms. The molecule has 1 amide bonds. The number of carbonyl (C=O) groups is 1. The van der Waals surface area contributed by atoms with Gasteiger partial charge in [-0.05, 0) is 30.3 Å². The fourth-order valence-corrected chi connectivity index (χ4v) is 4.11. The summed E-state index contributed by atoms with van der Waals surface area (Å²) in [7, 11) is 2.97. The number of nitrogens with two attached hydrogens (primary N) is 1. The smallest absolute Gasteiger partial charge is 0.255 e. The third kappa shape index (κ3) is 6.48. The Hall–Kier alpha value is -2.59. The van der Waals surface area contributed by atoms with E-state index in [-0.39, 0.29) is 34.9 Å². The average molecular weight is 482 g/mol. The number of benzene rings is 2. The molecule has 0 radical (unpaired) electrons. The minimum Gasteiger partial charge on any atom is -0.633 e. The van der Waals surface area contributed by atoms with E-state index in [1.807, 2.05) is 0 Å². The van der Waals surface area contributed by atoms with Crippen LogP contribution in [0.2, 0.25) is 5.02 Å². The number of piperidine rings is 1.